The van der Waals surface area contributed by atoms with E-state index in [0.717, 1.165) is 24.8 Å². The van der Waals surface area contributed by atoms with Crippen LogP contribution in [0.4, 0.5) is 0 Å². The van der Waals surface area contributed by atoms with Crippen LogP contribution in [-0.2, 0) is 4.74 Å². The van der Waals surface area contributed by atoms with E-state index in [9.17, 15) is 4.79 Å². The minimum atomic E-state index is -0.114. The van der Waals surface area contributed by atoms with E-state index in [1.54, 1.807) is 18.7 Å². The maximum Gasteiger partial charge on any atom is 0.255 e. The van der Waals surface area contributed by atoms with Gasteiger partial charge in [0.15, 0.2) is 0 Å². The molecule has 0 spiro atoms. The topological polar surface area (TPSA) is 79.9 Å². The number of pyridine rings is 1. The molecule has 0 bridgehead atoms. The van der Waals surface area contributed by atoms with Crippen LogP contribution in [0.1, 0.15) is 50.4 Å². The summed E-state index contributed by atoms with van der Waals surface area (Å²) in [7, 11) is 0. The van der Waals surface area contributed by atoms with Gasteiger partial charge >= 0.3 is 0 Å². The molecule has 1 fully saturated rings. The molecule has 0 saturated heterocycles. The molecule has 2 aromatic rings. The van der Waals surface area contributed by atoms with Gasteiger partial charge in [0.05, 0.1) is 35.3 Å². The number of aromatic amines is 1. The Kier molecular flexibility index (Phi) is 4.35. The molecule has 6 heteroatoms. The molecule has 0 aromatic carbocycles. The lowest BCUT2D eigenvalue weighted by Crippen LogP contribution is -2.39. The molecule has 0 radical (unpaired) electrons. The van der Waals surface area contributed by atoms with Crippen LogP contribution in [0.5, 0.6) is 0 Å². The number of carbonyl (C=O) groups is 1. The van der Waals surface area contributed by atoms with E-state index in [4.69, 9.17) is 4.74 Å². The number of nitrogens with one attached hydrogen (secondary N) is 2. The van der Waals surface area contributed by atoms with Gasteiger partial charge in [-0.15, -0.1) is 0 Å². The summed E-state index contributed by atoms with van der Waals surface area (Å²) in [6.07, 6.45) is 8.34. The first-order valence-electron chi connectivity index (χ1n) is 8.15. The monoisotopic (exact) mass is 316 g/mol. The molecule has 1 saturated carbocycles. The minimum absolute atomic E-state index is 0.0703. The molecule has 2 aromatic heterocycles. The molecule has 6 nitrogen and oxygen atoms in total. The number of nitrogens with zero attached hydrogens (tertiary/aromatic N) is 2. The Morgan fingerprint density at radius 1 is 1.39 bits per heavy atom. The van der Waals surface area contributed by atoms with E-state index < -0.39 is 0 Å². The molecule has 2 N–H and O–H groups in total. The largest absolute Gasteiger partial charge is 0.373 e. The van der Waals surface area contributed by atoms with Crippen LogP contribution in [-0.4, -0.2) is 39.1 Å². The number of carbonyl (C=O) groups excluding carboxylic acids is 1. The highest BCUT2D eigenvalue weighted by atomic mass is 16.5. The van der Waals surface area contributed by atoms with E-state index >= 15 is 0 Å². The Hall–Kier alpha value is -1.95. The summed E-state index contributed by atoms with van der Waals surface area (Å²) in [5, 5.41) is 2.97. The zero-order valence-electron chi connectivity index (χ0n) is 13.9. The number of imidazole rings is 1. The number of ether oxygens (including phenoxy) is 1. The van der Waals surface area contributed by atoms with Crippen LogP contribution in [0, 0.1) is 5.92 Å². The summed E-state index contributed by atoms with van der Waals surface area (Å²) < 4.78 is 5.93. The predicted molar refractivity (Wildman–Crippen MR) is 88.2 cm³/mol. The fourth-order valence-electron chi connectivity index (χ4n) is 3.02. The average molecular weight is 316 g/mol. The molecule has 23 heavy (non-hydrogen) atoms. The number of H-pyrrole nitrogens is 1. The van der Waals surface area contributed by atoms with Crippen LogP contribution in [0.25, 0.3) is 11.0 Å². The molecular weight excluding hydrogens is 292 g/mol. The molecule has 0 unspecified atom stereocenters. The van der Waals surface area contributed by atoms with Crippen molar-refractivity contribution in [3.8, 4) is 0 Å². The number of amides is 1. The van der Waals surface area contributed by atoms with Crippen molar-refractivity contribution in [1.29, 1.82) is 0 Å². The summed E-state index contributed by atoms with van der Waals surface area (Å²) in [5.41, 5.74) is 1.89. The molecule has 3 rings (SSSR count). The molecule has 1 aliphatic carbocycles. The summed E-state index contributed by atoms with van der Waals surface area (Å²) in [6, 6.07) is 0. The third-order valence-electron chi connectivity index (χ3n) is 4.13. The van der Waals surface area contributed by atoms with Crippen molar-refractivity contribution in [3.63, 3.8) is 0 Å². The van der Waals surface area contributed by atoms with Gasteiger partial charge in [0.25, 0.3) is 5.91 Å². The highest BCUT2D eigenvalue weighted by Crippen LogP contribution is 2.34. The van der Waals surface area contributed by atoms with Crippen LogP contribution < -0.4 is 5.32 Å². The number of hydrogen-bond acceptors (Lipinski definition) is 4. The molecule has 1 amide bonds. The predicted octanol–water partition coefficient (Wildman–Crippen LogP) is 2.67. The van der Waals surface area contributed by atoms with Crippen molar-refractivity contribution in [2.45, 2.75) is 51.7 Å². The summed E-state index contributed by atoms with van der Waals surface area (Å²) >= 11 is 0. The number of hydrogen-bond donors (Lipinski definition) is 2. The Bertz CT molecular complexity index is 683. The smallest absolute Gasteiger partial charge is 0.255 e. The van der Waals surface area contributed by atoms with Crippen molar-refractivity contribution in [2.75, 3.05) is 6.54 Å². The van der Waals surface area contributed by atoms with Gasteiger partial charge in [0, 0.05) is 12.7 Å². The van der Waals surface area contributed by atoms with Gasteiger partial charge in [-0.2, -0.15) is 0 Å². The lowest BCUT2D eigenvalue weighted by Gasteiger charge is -2.39. The van der Waals surface area contributed by atoms with Crippen LogP contribution >= 0.6 is 0 Å². The quantitative estimate of drug-likeness (QED) is 0.889. The lowest BCUT2D eigenvalue weighted by molar-refractivity contribution is -0.112. The first kappa shape index (κ1) is 15.9. The van der Waals surface area contributed by atoms with E-state index in [1.807, 2.05) is 0 Å². The van der Waals surface area contributed by atoms with Crippen molar-refractivity contribution >= 4 is 16.9 Å². The van der Waals surface area contributed by atoms with E-state index in [-0.39, 0.29) is 11.5 Å². The summed E-state index contributed by atoms with van der Waals surface area (Å²) in [6.45, 7) is 6.94. The first-order chi connectivity index (χ1) is 10.9. The third kappa shape index (κ3) is 3.88. The maximum atomic E-state index is 12.3. The SMILES string of the molecule is CC(C)(C)OC1CC(CCNC(=O)c2cncc3[nH]cnc23)C1. The lowest BCUT2D eigenvalue weighted by atomic mass is 9.79. The fraction of sp³-hybridized carbons (Fsp3) is 0.588. The second-order valence-electron chi connectivity index (χ2n) is 7.22. The molecule has 1 aliphatic rings. The van der Waals surface area contributed by atoms with E-state index in [2.05, 4.69) is 41.0 Å². The van der Waals surface area contributed by atoms with Crippen molar-refractivity contribution in [1.82, 2.24) is 20.3 Å². The molecule has 0 aliphatic heterocycles. The second kappa shape index (κ2) is 6.28. The van der Waals surface area contributed by atoms with Gasteiger partial charge in [0.1, 0.15) is 5.52 Å². The number of fused-ring (bicyclic) bond motifs is 1. The number of rotatable bonds is 5. The van der Waals surface area contributed by atoms with Gasteiger partial charge in [0.2, 0.25) is 0 Å². The highest BCUT2D eigenvalue weighted by molar-refractivity contribution is 6.04. The zero-order chi connectivity index (χ0) is 16.4. The van der Waals surface area contributed by atoms with Crippen molar-refractivity contribution < 1.29 is 9.53 Å². The number of aromatic nitrogens is 3. The molecule has 2 heterocycles. The zero-order valence-corrected chi connectivity index (χ0v) is 13.9. The van der Waals surface area contributed by atoms with Gasteiger partial charge in [-0.25, -0.2) is 4.98 Å². The van der Waals surface area contributed by atoms with Crippen LogP contribution in [0.2, 0.25) is 0 Å². The van der Waals surface area contributed by atoms with E-state index in [0.29, 0.717) is 29.6 Å². The Morgan fingerprint density at radius 3 is 2.91 bits per heavy atom. The summed E-state index contributed by atoms with van der Waals surface area (Å²) in [5.74, 6) is 0.527. The second-order valence-corrected chi connectivity index (χ2v) is 7.22. The normalized spacial score (nSPS) is 21.2. The van der Waals surface area contributed by atoms with E-state index in [1.165, 1.54) is 0 Å². The standard InChI is InChI=1S/C17H24N4O2/c1-17(2,3)23-12-6-11(7-12)4-5-19-16(22)13-8-18-9-14-15(13)21-10-20-14/h8-12H,4-7H2,1-3H3,(H,19,22)(H,20,21). The highest BCUT2D eigenvalue weighted by Gasteiger charge is 2.32. The minimum Gasteiger partial charge on any atom is -0.373 e. The van der Waals surface area contributed by atoms with Crippen molar-refractivity contribution in [3.05, 3.63) is 24.3 Å². The Labute approximate surface area is 136 Å². The third-order valence-corrected chi connectivity index (χ3v) is 4.13. The Morgan fingerprint density at radius 2 is 2.17 bits per heavy atom. The molecule has 0 atom stereocenters. The van der Waals surface area contributed by atoms with Crippen molar-refractivity contribution in [2.24, 2.45) is 5.92 Å². The fourth-order valence-corrected chi connectivity index (χ4v) is 3.02. The maximum absolute atomic E-state index is 12.3. The Balaban J connectivity index is 1.43. The van der Waals surface area contributed by atoms with Gasteiger partial charge in [-0.05, 0) is 46.0 Å². The van der Waals surface area contributed by atoms with Gasteiger partial charge < -0.3 is 15.0 Å². The van der Waals surface area contributed by atoms with Gasteiger partial charge in [-0.1, -0.05) is 0 Å². The van der Waals surface area contributed by atoms with Crippen LogP contribution in [0.3, 0.4) is 0 Å². The molecule has 124 valence electrons. The van der Waals surface area contributed by atoms with Gasteiger partial charge in [-0.3, -0.25) is 9.78 Å². The summed E-state index contributed by atoms with van der Waals surface area (Å²) in [4.78, 5) is 23.5. The average Bonchev–Trinajstić information content (AvgIpc) is 2.91. The van der Waals surface area contributed by atoms with Crippen LogP contribution in [0.15, 0.2) is 18.7 Å². The molecular formula is C17H24N4O2. The first-order valence-corrected chi connectivity index (χ1v) is 8.15.